The Morgan fingerprint density at radius 2 is 1.77 bits per heavy atom. The van der Waals surface area contributed by atoms with Gasteiger partial charge in [0, 0.05) is 12.1 Å². The number of benzene rings is 2. The SMILES string of the molecule is COC(=O)[C@H](Cc1ccc(OC)cc1)Nc1nc2ccc(NC(=O)OC(C)(C)C)c(C)c2c(=O)o1. The molecule has 1 heterocycles. The minimum absolute atomic E-state index is 0.126. The van der Waals surface area contributed by atoms with Crippen LogP contribution in [0.1, 0.15) is 31.9 Å². The van der Waals surface area contributed by atoms with Gasteiger partial charge in [0.2, 0.25) is 0 Å². The van der Waals surface area contributed by atoms with Gasteiger partial charge in [0.05, 0.1) is 25.1 Å². The van der Waals surface area contributed by atoms with Gasteiger partial charge in [-0.3, -0.25) is 5.32 Å². The number of hydrogen-bond acceptors (Lipinski definition) is 9. The van der Waals surface area contributed by atoms with Gasteiger partial charge in [-0.1, -0.05) is 12.1 Å². The minimum Gasteiger partial charge on any atom is -0.497 e. The number of amides is 1. The number of nitrogens with one attached hydrogen (secondary N) is 2. The normalized spacial score (nSPS) is 12.1. The quantitative estimate of drug-likeness (QED) is 0.478. The van der Waals surface area contributed by atoms with E-state index in [0.717, 1.165) is 5.56 Å². The average molecular weight is 484 g/mol. The topological polar surface area (TPSA) is 129 Å². The molecular weight excluding hydrogens is 454 g/mol. The van der Waals surface area contributed by atoms with E-state index in [2.05, 4.69) is 15.6 Å². The number of fused-ring (bicyclic) bond motifs is 1. The van der Waals surface area contributed by atoms with Crippen molar-refractivity contribution in [1.29, 1.82) is 0 Å². The van der Waals surface area contributed by atoms with Gasteiger partial charge in [-0.05, 0) is 63.1 Å². The Labute approximate surface area is 202 Å². The lowest BCUT2D eigenvalue weighted by Gasteiger charge is -2.20. The summed E-state index contributed by atoms with van der Waals surface area (Å²) in [6, 6.07) is 9.43. The number of esters is 1. The lowest BCUT2D eigenvalue weighted by atomic mass is 10.1. The van der Waals surface area contributed by atoms with E-state index in [9.17, 15) is 14.4 Å². The average Bonchev–Trinajstić information content (AvgIpc) is 2.79. The first-order valence-corrected chi connectivity index (χ1v) is 10.9. The number of carbonyl (C=O) groups is 2. The lowest BCUT2D eigenvalue weighted by molar-refractivity contribution is -0.141. The first kappa shape index (κ1) is 25.5. The highest BCUT2D eigenvalue weighted by molar-refractivity contribution is 5.93. The highest BCUT2D eigenvalue weighted by Crippen LogP contribution is 2.24. The Hall–Kier alpha value is -4.08. The summed E-state index contributed by atoms with van der Waals surface area (Å²) in [6.45, 7) is 6.93. The Morgan fingerprint density at radius 3 is 2.37 bits per heavy atom. The van der Waals surface area contributed by atoms with E-state index < -0.39 is 29.3 Å². The molecule has 0 unspecified atom stereocenters. The number of methoxy groups -OCH3 is 2. The smallest absolute Gasteiger partial charge is 0.412 e. The van der Waals surface area contributed by atoms with Gasteiger partial charge in [0.15, 0.2) is 0 Å². The van der Waals surface area contributed by atoms with E-state index in [1.807, 2.05) is 12.1 Å². The van der Waals surface area contributed by atoms with Crippen LogP contribution in [0.4, 0.5) is 16.5 Å². The molecule has 0 spiro atoms. The molecule has 0 aliphatic rings. The van der Waals surface area contributed by atoms with Crippen molar-refractivity contribution in [3.8, 4) is 5.75 Å². The van der Waals surface area contributed by atoms with Crippen molar-refractivity contribution in [2.24, 2.45) is 0 Å². The second-order valence-corrected chi connectivity index (χ2v) is 8.84. The van der Waals surface area contributed by atoms with E-state index in [1.54, 1.807) is 59.1 Å². The number of rotatable bonds is 7. The second kappa shape index (κ2) is 10.5. The summed E-state index contributed by atoms with van der Waals surface area (Å²) in [5.41, 5.74) is 0.709. The Kier molecular flexibility index (Phi) is 7.63. The largest absolute Gasteiger partial charge is 0.497 e. The van der Waals surface area contributed by atoms with Gasteiger partial charge in [-0.25, -0.2) is 14.4 Å². The molecule has 3 aromatic rings. The molecule has 0 bridgehead atoms. The number of hydrogen-bond donors (Lipinski definition) is 2. The first-order chi connectivity index (χ1) is 16.5. The first-order valence-electron chi connectivity index (χ1n) is 10.9. The molecule has 2 aromatic carbocycles. The molecule has 3 rings (SSSR count). The van der Waals surface area contributed by atoms with Crippen molar-refractivity contribution in [3.63, 3.8) is 0 Å². The maximum absolute atomic E-state index is 12.8. The zero-order valence-electron chi connectivity index (χ0n) is 20.6. The molecule has 0 radical (unpaired) electrons. The highest BCUT2D eigenvalue weighted by Gasteiger charge is 2.23. The lowest BCUT2D eigenvalue weighted by Crippen LogP contribution is -2.33. The van der Waals surface area contributed by atoms with Crippen LogP contribution in [0.25, 0.3) is 10.9 Å². The highest BCUT2D eigenvalue weighted by atomic mass is 16.6. The van der Waals surface area contributed by atoms with Crippen molar-refractivity contribution < 1.29 is 28.2 Å². The van der Waals surface area contributed by atoms with Gasteiger partial charge >= 0.3 is 17.7 Å². The van der Waals surface area contributed by atoms with Gasteiger partial charge in [0.1, 0.15) is 17.4 Å². The molecular formula is C25H29N3O7. The number of anilines is 2. The van der Waals surface area contributed by atoms with E-state index >= 15 is 0 Å². The van der Waals surface area contributed by atoms with Crippen LogP contribution in [0.15, 0.2) is 45.6 Å². The number of carbonyl (C=O) groups excluding carboxylic acids is 2. The van der Waals surface area contributed by atoms with Crippen LogP contribution < -0.4 is 21.0 Å². The van der Waals surface area contributed by atoms with E-state index in [4.69, 9.17) is 18.6 Å². The number of aryl methyl sites for hydroxylation is 1. The van der Waals surface area contributed by atoms with Crippen molar-refractivity contribution in [2.45, 2.75) is 45.8 Å². The zero-order valence-corrected chi connectivity index (χ0v) is 20.6. The molecule has 0 saturated heterocycles. The number of ether oxygens (including phenoxy) is 3. The zero-order chi connectivity index (χ0) is 25.8. The van der Waals surface area contributed by atoms with Crippen molar-refractivity contribution in [3.05, 3.63) is 57.9 Å². The fourth-order valence-corrected chi connectivity index (χ4v) is 3.41. The summed E-state index contributed by atoms with van der Waals surface area (Å²) in [6.07, 6.45) is -0.382. The molecule has 35 heavy (non-hydrogen) atoms. The molecule has 0 aliphatic heterocycles. The predicted octanol–water partition coefficient (Wildman–Crippen LogP) is 4.05. The summed E-state index contributed by atoms with van der Waals surface area (Å²) < 4.78 is 20.7. The molecule has 10 nitrogen and oxygen atoms in total. The van der Waals surface area contributed by atoms with Crippen LogP contribution in [0.3, 0.4) is 0 Å². The second-order valence-electron chi connectivity index (χ2n) is 8.84. The summed E-state index contributed by atoms with van der Waals surface area (Å²) in [4.78, 5) is 41.7. The molecule has 2 N–H and O–H groups in total. The Balaban J connectivity index is 1.87. The molecule has 0 saturated carbocycles. The van der Waals surface area contributed by atoms with E-state index in [1.165, 1.54) is 7.11 Å². The summed E-state index contributed by atoms with van der Waals surface area (Å²) >= 11 is 0. The fourth-order valence-electron chi connectivity index (χ4n) is 3.41. The Morgan fingerprint density at radius 1 is 1.09 bits per heavy atom. The Bertz CT molecular complexity index is 1280. The van der Waals surface area contributed by atoms with Gasteiger partial charge < -0.3 is 23.9 Å². The predicted molar refractivity (Wildman–Crippen MR) is 131 cm³/mol. The maximum Gasteiger partial charge on any atom is 0.412 e. The van der Waals surface area contributed by atoms with Crippen LogP contribution in [-0.4, -0.2) is 42.9 Å². The molecule has 0 aliphatic carbocycles. The van der Waals surface area contributed by atoms with Crippen molar-refractivity contribution >= 4 is 34.7 Å². The van der Waals surface area contributed by atoms with Crippen molar-refractivity contribution in [2.75, 3.05) is 24.9 Å². The molecule has 1 amide bonds. The van der Waals surface area contributed by atoms with Crippen LogP contribution in [-0.2, 0) is 20.7 Å². The van der Waals surface area contributed by atoms with Crippen molar-refractivity contribution in [1.82, 2.24) is 4.98 Å². The van der Waals surface area contributed by atoms with Crippen LogP contribution in [0.5, 0.6) is 5.75 Å². The van der Waals surface area contributed by atoms with Crippen LogP contribution in [0, 0.1) is 6.92 Å². The summed E-state index contributed by atoms with van der Waals surface area (Å²) in [5.74, 6) is 0.146. The number of nitrogens with zero attached hydrogens (tertiary/aromatic N) is 1. The van der Waals surface area contributed by atoms with Crippen LogP contribution in [0.2, 0.25) is 0 Å². The van der Waals surface area contributed by atoms with Gasteiger partial charge in [-0.15, -0.1) is 0 Å². The summed E-state index contributed by atoms with van der Waals surface area (Å²) in [5, 5.41) is 5.70. The fraction of sp³-hybridized carbons (Fsp3) is 0.360. The molecule has 10 heteroatoms. The van der Waals surface area contributed by atoms with E-state index in [-0.39, 0.29) is 17.8 Å². The third-order valence-electron chi connectivity index (χ3n) is 5.08. The summed E-state index contributed by atoms with van der Waals surface area (Å²) in [7, 11) is 2.84. The molecule has 186 valence electrons. The van der Waals surface area contributed by atoms with Gasteiger partial charge in [-0.2, -0.15) is 4.98 Å². The monoisotopic (exact) mass is 483 g/mol. The van der Waals surface area contributed by atoms with Gasteiger partial charge in [0.25, 0.3) is 6.01 Å². The third kappa shape index (κ3) is 6.50. The number of aromatic nitrogens is 1. The molecule has 1 atom stereocenters. The van der Waals surface area contributed by atoms with Crippen LogP contribution >= 0.6 is 0 Å². The molecule has 1 aromatic heterocycles. The minimum atomic E-state index is -0.851. The molecule has 0 fully saturated rings. The maximum atomic E-state index is 12.8. The third-order valence-corrected chi connectivity index (χ3v) is 5.08. The van der Waals surface area contributed by atoms with E-state index in [0.29, 0.717) is 22.5 Å². The standard InChI is InChI=1S/C25H29N3O7/c1-14-17(28-24(31)35-25(2,3)4)11-12-18-20(14)22(30)34-23(26-18)27-19(21(29)33-6)13-15-7-9-16(32-5)10-8-15/h7-12,19H,13H2,1-6H3,(H,26,27)(H,28,31)/t19-/m0/s1.